The quantitative estimate of drug-likeness (QED) is 0.819. The minimum absolute atomic E-state index is 0.227. The van der Waals surface area contributed by atoms with Crippen LogP contribution in [0.2, 0.25) is 0 Å². The number of halogens is 3. The summed E-state index contributed by atoms with van der Waals surface area (Å²) in [5.74, 6) is 0.227. The van der Waals surface area contributed by atoms with Crippen molar-refractivity contribution in [3.05, 3.63) is 35.4 Å². The molecule has 0 fully saturated rings. The molecule has 0 spiro atoms. The molecule has 5 heteroatoms. The van der Waals surface area contributed by atoms with Gasteiger partial charge in [-0.15, -0.1) is 0 Å². The molecule has 0 saturated carbocycles. The van der Waals surface area contributed by atoms with Crippen molar-refractivity contribution >= 4 is 6.08 Å². The molecule has 1 aromatic rings. The van der Waals surface area contributed by atoms with Crippen molar-refractivity contribution in [2.45, 2.75) is 12.6 Å². The first kappa shape index (κ1) is 14.6. The van der Waals surface area contributed by atoms with Gasteiger partial charge in [0.25, 0.3) is 0 Å². The summed E-state index contributed by atoms with van der Waals surface area (Å²) in [6.45, 7) is 0.819. The molecule has 100 valence electrons. The maximum atomic E-state index is 12.5. The highest BCUT2D eigenvalue weighted by Gasteiger charge is 2.31. The van der Waals surface area contributed by atoms with Crippen molar-refractivity contribution in [1.29, 1.82) is 0 Å². The van der Waals surface area contributed by atoms with Gasteiger partial charge in [0.05, 0.1) is 12.7 Å². The highest BCUT2D eigenvalue weighted by atomic mass is 19.4. The van der Waals surface area contributed by atoms with Gasteiger partial charge in [-0.2, -0.15) is 13.2 Å². The molecule has 0 unspecified atom stereocenters. The molecular weight excluding hydrogens is 243 g/mol. The van der Waals surface area contributed by atoms with Crippen LogP contribution in [0.25, 0.3) is 6.08 Å². The lowest BCUT2D eigenvalue weighted by Gasteiger charge is -2.10. The molecule has 0 aliphatic rings. The van der Waals surface area contributed by atoms with Gasteiger partial charge in [-0.1, -0.05) is 18.2 Å². The van der Waals surface area contributed by atoms with E-state index in [0.717, 1.165) is 25.1 Å². The fourth-order valence-corrected chi connectivity index (χ4v) is 1.46. The van der Waals surface area contributed by atoms with Crippen LogP contribution in [0.5, 0.6) is 5.75 Å². The maximum absolute atomic E-state index is 12.5. The summed E-state index contributed by atoms with van der Waals surface area (Å²) in [6.07, 6.45) is 0.111. The van der Waals surface area contributed by atoms with Gasteiger partial charge >= 0.3 is 6.18 Å². The van der Waals surface area contributed by atoms with Crippen LogP contribution < -0.4 is 10.1 Å². The molecule has 1 rings (SSSR count). The molecule has 0 bridgehead atoms. The van der Waals surface area contributed by atoms with Crippen molar-refractivity contribution in [2.24, 2.45) is 0 Å². The predicted molar refractivity (Wildman–Crippen MR) is 65.6 cm³/mol. The van der Waals surface area contributed by atoms with Crippen LogP contribution in [0, 0.1) is 0 Å². The lowest BCUT2D eigenvalue weighted by Crippen LogP contribution is -2.06. The zero-order valence-corrected chi connectivity index (χ0v) is 10.3. The van der Waals surface area contributed by atoms with Crippen molar-refractivity contribution in [2.75, 3.05) is 20.7 Å². The van der Waals surface area contributed by atoms with E-state index in [1.54, 1.807) is 6.08 Å². The standard InChI is InChI=1S/C13H16F3NO/c1-17-8-4-3-5-10-6-7-11(13(14,15)16)9-12(10)18-2/h3,5-7,9,17H,4,8H2,1-2H3. The van der Waals surface area contributed by atoms with E-state index in [1.807, 2.05) is 13.1 Å². The molecule has 0 aliphatic heterocycles. The van der Waals surface area contributed by atoms with E-state index in [1.165, 1.54) is 13.2 Å². The summed E-state index contributed by atoms with van der Waals surface area (Å²) in [5.41, 5.74) is -0.0617. The first-order chi connectivity index (χ1) is 8.49. The minimum Gasteiger partial charge on any atom is -0.496 e. The minimum atomic E-state index is -4.35. The van der Waals surface area contributed by atoms with E-state index in [4.69, 9.17) is 4.74 Å². The highest BCUT2D eigenvalue weighted by molar-refractivity contribution is 5.58. The monoisotopic (exact) mass is 259 g/mol. The molecular formula is C13H16F3NO. The topological polar surface area (TPSA) is 21.3 Å². The summed E-state index contributed by atoms with van der Waals surface area (Å²) < 4.78 is 42.5. The zero-order chi connectivity index (χ0) is 13.6. The number of benzene rings is 1. The summed E-state index contributed by atoms with van der Waals surface area (Å²) in [4.78, 5) is 0. The number of hydrogen-bond acceptors (Lipinski definition) is 2. The number of hydrogen-bond donors (Lipinski definition) is 1. The highest BCUT2D eigenvalue weighted by Crippen LogP contribution is 2.33. The number of methoxy groups -OCH3 is 1. The number of alkyl halides is 3. The van der Waals surface area contributed by atoms with Crippen molar-refractivity contribution in [3.63, 3.8) is 0 Å². The van der Waals surface area contributed by atoms with Gasteiger partial charge in [-0.05, 0) is 32.1 Å². The number of rotatable bonds is 5. The molecule has 0 radical (unpaired) electrons. The van der Waals surface area contributed by atoms with E-state index < -0.39 is 11.7 Å². The van der Waals surface area contributed by atoms with E-state index in [-0.39, 0.29) is 5.75 Å². The summed E-state index contributed by atoms with van der Waals surface area (Å²) in [5, 5.41) is 2.98. The van der Waals surface area contributed by atoms with E-state index in [9.17, 15) is 13.2 Å². The third-order valence-electron chi connectivity index (χ3n) is 2.42. The van der Waals surface area contributed by atoms with Crippen LogP contribution >= 0.6 is 0 Å². The fraction of sp³-hybridized carbons (Fsp3) is 0.385. The van der Waals surface area contributed by atoms with Gasteiger partial charge in [-0.3, -0.25) is 0 Å². The fourth-order valence-electron chi connectivity index (χ4n) is 1.46. The maximum Gasteiger partial charge on any atom is 0.416 e. The molecule has 1 N–H and O–H groups in total. The first-order valence-corrected chi connectivity index (χ1v) is 5.55. The average Bonchev–Trinajstić information content (AvgIpc) is 2.33. The molecule has 2 nitrogen and oxygen atoms in total. The lowest BCUT2D eigenvalue weighted by atomic mass is 10.1. The second-order valence-corrected chi connectivity index (χ2v) is 3.75. The van der Waals surface area contributed by atoms with Gasteiger partial charge in [-0.25, -0.2) is 0 Å². The van der Waals surface area contributed by atoms with E-state index in [2.05, 4.69) is 5.32 Å². The predicted octanol–water partition coefficient (Wildman–Crippen LogP) is 3.34. The van der Waals surface area contributed by atoms with Crippen molar-refractivity contribution in [3.8, 4) is 5.75 Å². The van der Waals surface area contributed by atoms with E-state index >= 15 is 0 Å². The Morgan fingerprint density at radius 1 is 1.33 bits per heavy atom. The van der Waals surface area contributed by atoms with Crippen LogP contribution in [0.1, 0.15) is 17.5 Å². The number of ether oxygens (including phenoxy) is 1. The smallest absolute Gasteiger partial charge is 0.416 e. The summed E-state index contributed by atoms with van der Waals surface area (Å²) in [6, 6.07) is 3.48. The number of nitrogens with one attached hydrogen (secondary N) is 1. The Balaban J connectivity index is 2.90. The Morgan fingerprint density at radius 3 is 2.61 bits per heavy atom. The third-order valence-corrected chi connectivity index (χ3v) is 2.42. The largest absolute Gasteiger partial charge is 0.496 e. The van der Waals surface area contributed by atoms with Gasteiger partial charge in [0.1, 0.15) is 5.75 Å². The SMILES string of the molecule is CNCCC=Cc1ccc(C(F)(F)F)cc1OC. The van der Waals surface area contributed by atoms with Crippen LogP contribution in [-0.4, -0.2) is 20.7 Å². The molecule has 1 aromatic carbocycles. The molecule has 18 heavy (non-hydrogen) atoms. The lowest BCUT2D eigenvalue weighted by molar-refractivity contribution is -0.137. The molecule has 0 atom stereocenters. The summed E-state index contributed by atoms with van der Waals surface area (Å²) in [7, 11) is 3.20. The summed E-state index contributed by atoms with van der Waals surface area (Å²) >= 11 is 0. The van der Waals surface area contributed by atoms with Gasteiger partial charge < -0.3 is 10.1 Å². The van der Waals surface area contributed by atoms with Crippen LogP contribution in [-0.2, 0) is 6.18 Å². The van der Waals surface area contributed by atoms with Crippen LogP contribution in [0.15, 0.2) is 24.3 Å². The first-order valence-electron chi connectivity index (χ1n) is 5.55. The van der Waals surface area contributed by atoms with Crippen LogP contribution in [0.4, 0.5) is 13.2 Å². The average molecular weight is 259 g/mol. The Bertz CT molecular complexity index is 413. The normalized spacial score (nSPS) is 12.1. The van der Waals surface area contributed by atoms with Crippen molar-refractivity contribution in [1.82, 2.24) is 5.32 Å². The van der Waals surface area contributed by atoms with Gasteiger partial charge in [0.2, 0.25) is 0 Å². The Hall–Kier alpha value is -1.49. The Labute approximate surface area is 104 Å². The molecule has 0 aromatic heterocycles. The third kappa shape index (κ3) is 4.07. The molecule has 0 aliphatic carbocycles. The molecule has 0 saturated heterocycles. The van der Waals surface area contributed by atoms with E-state index in [0.29, 0.717) is 5.56 Å². The Kier molecular flexibility index (Phi) is 5.22. The van der Waals surface area contributed by atoms with Gasteiger partial charge in [0.15, 0.2) is 0 Å². The Morgan fingerprint density at radius 2 is 2.06 bits per heavy atom. The zero-order valence-electron chi connectivity index (χ0n) is 10.3. The van der Waals surface area contributed by atoms with Crippen LogP contribution in [0.3, 0.4) is 0 Å². The second kappa shape index (κ2) is 6.44. The molecule has 0 heterocycles. The second-order valence-electron chi connectivity index (χ2n) is 3.75. The van der Waals surface area contributed by atoms with Crippen molar-refractivity contribution < 1.29 is 17.9 Å². The van der Waals surface area contributed by atoms with Gasteiger partial charge in [0, 0.05) is 5.56 Å². The molecule has 0 amide bonds.